The number of amidine groups is 2. The summed E-state index contributed by atoms with van der Waals surface area (Å²) < 4.78 is 49.8. The number of benzene rings is 1. The minimum absolute atomic E-state index is 0.0803. The largest absolute Gasteiger partial charge is 0.469 e. The molecular formula is C25H27F3N6O3S. The van der Waals surface area contributed by atoms with Crippen LogP contribution in [-0.2, 0) is 22.4 Å². The summed E-state index contributed by atoms with van der Waals surface area (Å²) in [7, 11) is 1.35. The molecule has 0 saturated carbocycles. The number of ether oxygens (including phenoxy) is 2. The Hall–Kier alpha value is -3.74. The van der Waals surface area contributed by atoms with Crippen LogP contribution in [0.25, 0.3) is 10.2 Å². The molecule has 3 heterocycles. The summed E-state index contributed by atoms with van der Waals surface area (Å²) in [6.07, 6.45) is -2.25. The van der Waals surface area contributed by atoms with Gasteiger partial charge in [0.05, 0.1) is 19.0 Å². The topological polar surface area (TPSA) is 115 Å². The molecule has 0 spiro atoms. The van der Waals surface area contributed by atoms with Gasteiger partial charge in [-0.2, -0.15) is 23.1 Å². The number of halogens is 3. The number of methoxy groups -OCH3 is 1. The number of nitrogens with zero attached hydrogens (tertiary/aromatic N) is 4. The van der Waals surface area contributed by atoms with Gasteiger partial charge in [0.15, 0.2) is 0 Å². The summed E-state index contributed by atoms with van der Waals surface area (Å²) in [5.41, 5.74) is 0.933. The average molecular weight is 549 g/mol. The van der Waals surface area contributed by atoms with E-state index in [1.165, 1.54) is 18.4 Å². The monoisotopic (exact) mass is 548 g/mol. The first-order chi connectivity index (χ1) is 18.1. The third-order valence-electron chi connectivity index (χ3n) is 5.98. The molecule has 0 bridgehead atoms. The third kappa shape index (κ3) is 6.21. The zero-order valence-electron chi connectivity index (χ0n) is 20.9. The van der Waals surface area contributed by atoms with Crippen LogP contribution in [0, 0.1) is 10.8 Å². The second-order valence-corrected chi connectivity index (χ2v) is 9.81. The Kier molecular flexibility index (Phi) is 8.14. The van der Waals surface area contributed by atoms with E-state index in [-0.39, 0.29) is 43.9 Å². The normalized spacial score (nSPS) is 14.2. The van der Waals surface area contributed by atoms with Crippen LogP contribution >= 0.6 is 11.3 Å². The molecule has 0 unspecified atom stereocenters. The zero-order chi connectivity index (χ0) is 27.4. The molecule has 4 rings (SSSR count). The SMILES string of the molecule is CCCc1cc2c(N3CCN(C(=N)C(F)(F)F)C(=N)C3)nc(Oc3ccc(CCC(=O)OC)cc3)nc2s1. The van der Waals surface area contributed by atoms with Crippen LogP contribution in [-0.4, -0.2) is 65.4 Å². The van der Waals surface area contributed by atoms with E-state index in [2.05, 4.69) is 21.6 Å². The summed E-state index contributed by atoms with van der Waals surface area (Å²) in [4.78, 5) is 24.7. The van der Waals surface area contributed by atoms with Crippen molar-refractivity contribution >= 4 is 45.0 Å². The van der Waals surface area contributed by atoms with E-state index in [9.17, 15) is 18.0 Å². The van der Waals surface area contributed by atoms with Crippen LogP contribution in [0.3, 0.4) is 0 Å². The van der Waals surface area contributed by atoms with Gasteiger partial charge in [-0.3, -0.25) is 15.6 Å². The third-order valence-corrected chi connectivity index (χ3v) is 7.06. The summed E-state index contributed by atoms with van der Waals surface area (Å²) in [6.45, 7) is 1.90. The average Bonchev–Trinajstić information content (AvgIpc) is 3.29. The van der Waals surface area contributed by atoms with Crippen LogP contribution in [0.1, 0.15) is 30.2 Å². The van der Waals surface area contributed by atoms with Crippen molar-refractivity contribution < 1.29 is 27.4 Å². The molecule has 202 valence electrons. The second kappa shape index (κ2) is 11.3. The number of esters is 1. The van der Waals surface area contributed by atoms with Crippen molar-refractivity contribution in [1.82, 2.24) is 14.9 Å². The van der Waals surface area contributed by atoms with Crippen LogP contribution in [0.2, 0.25) is 0 Å². The summed E-state index contributed by atoms with van der Waals surface area (Å²) in [5, 5.41) is 16.4. The molecule has 0 aliphatic carbocycles. The summed E-state index contributed by atoms with van der Waals surface area (Å²) >= 11 is 1.50. The number of carbonyl (C=O) groups is 1. The fourth-order valence-electron chi connectivity index (χ4n) is 4.05. The number of carbonyl (C=O) groups excluding carboxylic acids is 1. The van der Waals surface area contributed by atoms with Crippen molar-refractivity contribution in [2.24, 2.45) is 0 Å². The molecule has 13 heteroatoms. The number of alkyl halides is 3. The Morgan fingerprint density at radius 1 is 1.16 bits per heavy atom. The lowest BCUT2D eigenvalue weighted by molar-refractivity contribution is -0.140. The molecule has 2 aromatic heterocycles. The van der Waals surface area contributed by atoms with Crippen LogP contribution in [0.5, 0.6) is 11.8 Å². The highest BCUT2D eigenvalue weighted by atomic mass is 32.1. The molecule has 9 nitrogen and oxygen atoms in total. The molecule has 2 N–H and O–H groups in total. The minimum Gasteiger partial charge on any atom is -0.469 e. The molecule has 1 aliphatic rings. The van der Waals surface area contributed by atoms with E-state index < -0.39 is 12.0 Å². The molecule has 1 aliphatic heterocycles. The standard InChI is InChI=1S/C25H27F3N6O3S/c1-3-4-17-13-18-21(33-11-12-34(19(29)14-33)23(30)25(26,27)28)31-24(32-22(18)38-17)37-16-8-5-15(6-9-16)7-10-20(35)36-2/h5-6,8-9,13,29-30H,3-4,7,10-12,14H2,1-2H3. The highest BCUT2D eigenvalue weighted by Crippen LogP contribution is 2.35. The molecule has 38 heavy (non-hydrogen) atoms. The fourth-order valence-corrected chi connectivity index (χ4v) is 5.17. The van der Waals surface area contributed by atoms with Gasteiger partial charge in [-0.1, -0.05) is 25.5 Å². The first-order valence-electron chi connectivity index (χ1n) is 12.0. The zero-order valence-corrected chi connectivity index (χ0v) is 21.7. The first kappa shape index (κ1) is 27.3. The Bertz CT molecular complexity index is 1340. The van der Waals surface area contributed by atoms with Gasteiger partial charge < -0.3 is 19.3 Å². The van der Waals surface area contributed by atoms with Crippen LogP contribution in [0.4, 0.5) is 19.0 Å². The maximum atomic E-state index is 13.1. The van der Waals surface area contributed by atoms with Gasteiger partial charge >= 0.3 is 18.2 Å². The predicted octanol–water partition coefficient (Wildman–Crippen LogP) is 5.18. The Morgan fingerprint density at radius 3 is 2.53 bits per heavy atom. The van der Waals surface area contributed by atoms with Gasteiger partial charge in [-0.05, 0) is 36.6 Å². The fraction of sp³-hybridized carbons (Fsp3) is 0.400. The molecule has 0 amide bonds. The Morgan fingerprint density at radius 2 is 1.89 bits per heavy atom. The van der Waals surface area contributed by atoms with E-state index in [1.807, 2.05) is 18.2 Å². The predicted molar refractivity (Wildman–Crippen MR) is 139 cm³/mol. The van der Waals surface area contributed by atoms with E-state index in [0.29, 0.717) is 27.7 Å². The van der Waals surface area contributed by atoms with Crippen molar-refractivity contribution in [2.45, 2.75) is 38.8 Å². The summed E-state index contributed by atoms with van der Waals surface area (Å²) in [6, 6.07) is 9.21. The number of nitrogens with one attached hydrogen (secondary N) is 2. The van der Waals surface area contributed by atoms with E-state index >= 15 is 0 Å². The molecule has 1 fully saturated rings. The second-order valence-electron chi connectivity index (χ2n) is 8.70. The van der Waals surface area contributed by atoms with Gasteiger partial charge in [0.2, 0.25) is 5.84 Å². The molecule has 3 aromatic rings. The molecule has 0 radical (unpaired) electrons. The molecule has 0 atom stereocenters. The lowest BCUT2D eigenvalue weighted by Gasteiger charge is -2.37. The van der Waals surface area contributed by atoms with Gasteiger partial charge in [0.1, 0.15) is 22.2 Å². The Labute approximate surface area is 221 Å². The van der Waals surface area contributed by atoms with E-state index in [0.717, 1.165) is 28.7 Å². The number of aryl methyl sites for hydroxylation is 2. The lowest BCUT2D eigenvalue weighted by Crippen LogP contribution is -2.55. The van der Waals surface area contributed by atoms with Crippen molar-refractivity contribution in [3.63, 3.8) is 0 Å². The highest BCUT2D eigenvalue weighted by Gasteiger charge is 2.41. The molecule has 1 aromatic carbocycles. The smallest absolute Gasteiger partial charge is 0.449 e. The summed E-state index contributed by atoms with van der Waals surface area (Å²) in [5.74, 6) is -1.21. The van der Waals surface area contributed by atoms with Crippen molar-refractivity contribution in [2.75, 3.05) is 31.6 Å². The number of fused-ring (bicyclic) bond motifs is 1. The van der Waals surface area contributed by atoms with Gasteiger partial charge in [0.25, 0.3) is 0 Å². The van der Waals surface area contributed by atoms with Crippen LogP contribution < -0.4 is 9.64 Å². The molecule has 1 saturated heterocycles. The number of thiophene rings is 1. The van der Waals surface area contributed by atoms with Crippen molar-refractivity contribution in [3.05, 3.63) is 40.8 Å². The number of rotatable bonds is 8. The number of anilines is 1. The van der Waals surface area contributed by atoms with Gasteiger partial charge in [0, 0.05) is 24.4 Å². The minimum atomic E-state index is -4.82. The lowest BCUT2D eigenvalue weighted by atomic mass is 10.1. The van der Waals surface area contributed by atoms with Crippen LogP contribution in [0.15, 0.2) is 30.3 Å². The van der Waals surface area contributed by atoms with E-state index in [4.69, 9.17) is 15.6 Å². The van der Waals surface area contributed by atoms with Crippen molar-refractivity contribution in [3.8, 4) is 11.8 Å². The quantitative estimate of drug-likeness (QED) is 0.226. The first-order valence-corrected chi connectivity index (χ1v) is 12.8. The van der Waals surface area contributed by atoms with Gasteiger partial charge in [-0.25, -0.2) is 0 Å². The maximum absolute atomic E-state index is 13.1. The number of piperazine rings is 1. The number of hydrogen-bond donors (Lipinski definition) is 2. The van der Waals surface area contributed by atoms with Gasteiger partial charge in [-0.15, -0.1) is 11.3 Å². The maximum Gasteiger partial charge on any atom is 0.449 e. The molecular weight excluding hydrogens is 521 g/mol. The number of hydrogen-bond acceptors (Lipinski definition) is 9. The highest BCUT2D eigenvalue weighted by molar-refractivity contribution is 7.18. The van der Waals surface area contributed by atoms with E-state index in [1.54, 1.807) is 17.0 Å². The number of aromatic nitrogens is 2. The Balaban J connectivity index is 1.59. The van der Waals surface area contributed by atoms with Crippen molar-refractivity contribution in [1.29, 1.82) is 10.8 Å².